The van der Waals surface area contributed by atoms with Crippen LogP contribution in [0.3, 0.4) is 0 Å². The summed E-state index contributed by atoms with van der Waals surface area (Å²) in [6, 6.07) is 81.9. The minimum Gasteiger partial charge on any atom is -0.456 e. The Morgan fingerprint density at radius 1 is 0.294 bits per heavy atom. The Kier molecular flexibility index (Phi) is 8.52. The van der Waals surface area contributed by atoms with E-state index in [1.54, 1.807) is 0 Å². The maximum Gasteiger partial charge on any atom is 0.164 e. The third kappa shape index (κ3) is 6.14. The van der Waals surface area contributed by atoms with Crippen LogP contribution in [0.5, 0.6) is 0 Å². The van der Waals surface area contributed by atoms with Gasteiger partial charge in [-0.15, -0.1) is 0 Å². The van der Waals surface area contributed by atoms with Gasteiger partial charge in [0, 0.05) is 43.8 Å². The van der Waals surface area contributed by atoms with E-state index < -0.39 is 0 Å². The highest BCUT2D eigenvalue weighted by Crippen LogP contribution is 2.43. The average molecular weight is 867 g/mol. The molecule has 0 amide bonds. The van der Waals surface area contributed by atoms with Crippen molar-refractivity contribution in [2.45, 2.75) is 0 Å². The van der Waals surface area contributed by atoms with Crippen LogP contribution in [0, 0.1) is 0 Å². The van der Waals surface area contributed by atoms with E-state index in [9.17, 15) is 0 Å². The van der Waals surface area contributed by atoms with E-state index in [0.717, 1.165) is 82.8 Å². The Morgan fingerprint density at radius 2 is 0.868 bits per heavy atom. The van der Waals surface area contributed by atoms with Gasteiger partial charge in [0.2, 0.25) is 0 Å². The molecule has 5 nitrogen and oxygen atoms in total. The molecule has 0 bridgehead atoms. The van der Waals surface area contributed by atoms with E-state index in [2.05, 4.69) is 217 Å². The van der Waals surface area contributed by atoms with Gasteiger partial charge in [-0.2, -0.15) is 0 Å². The van der Waals surface area contributed by atoms with Crippen LogP contribution in [-0.4, -0.2) is 19.5 Å². The van der Waals surface area contributed by atoms with Crippen molar-refractivity contribution in [1.29, 1.82) is 0 Å². The van der Waals surface area contributed by atoms with Gasteiger partial charge in [0.25, 0.3) is 0 Å². The van der Waals surface area contributed by atoms with E-state index in [1.807, 2.05) is 18.2 Å². The second-order valence-electron chi connectivity index (χ2n) is 17.6. The van der Waals surface area contributed by atoms with Gasteiger partial charge in [0.1, 0.15) is 11.2 Å². The van der Waals surface area contributed by atoms with Crippen molar-refractivity contribution >= 4 is 76.1 Å². The molecule has 0 unspecified atom stereocenters. The molecule has 0 radical (unpaired) electrons. The Bertz CT molecular complexity index is 4310. The van der Waals surface area contributed by atoms with Crippen molar-refractivity contribution in [2.24, 2.45) is 0 Å². The first-order valence-electron chi connectivity index (χ1n) is 23.0. The summed E-state index contributed by atoms with van der Waals surface area (Å²) in [5.74, 6) is 1.75. The number of hydrogen-bond acceptors (Lipinski definition) is 4. The number of benzene rings is 11. The highest BCUT2D eigenvalue weighted by molar-refractivity contribution is 6.23. The lowest BCUT2D eigenvalue weighted by atomic mass is 9.97. The largest absolute Gasteiger partial charge is 0.456 e. The van der Waals surface area contributed by atoms with Gasteiger partial charge < -0.3 is 8.98 Å². The van der Waals surface area contributed by atoms with Gasteiger partial charge in [-0.1, -0.05) is 176 Å². The number of aromatic nitrogens is 4. The van der Waals surface area contributed by atoms with Crippen LogP contribution in [0.2, 0.25) is 0 Å². The molecule has 68 heavy (non-hydrogen) atoms. The summed E-state index contributed by atoms with van der Waals surface area (Å²) in [6.45, 7) is 0. The van der Waals surface area contributed by atoms with Crippen LogP contribution in [0.15, 0.2) is 235 Å². The van der Waals surface area contributed by atoms with Crippen LogP contribution < -0.4 is 0 Å². The lowest BCUT2D eigenvalue weighted by Crippen LogP contribution is -2.02. The van der Waals surface area contributed by atoms with Gasteiger partial charge in [-0.3, -0.25) is 0 Å². The van der Waals surface area contributed by atoms with Crippen LogP contribution in [0.1, 0.15) is 0 Å². The van der Waals surface area contributed by atoms with Crippen LogP contribution in [0.25, 0.3) is 138 Å². The molecule has 0 saturated carbocycles. The first-order chi connectivity index (χ1) is 33.7. The molecule has 5 heteroatoms. The SMILES string of the molecule is c1ccc(-c2ccc(-c3cc(-c4nc(-c5ccc6c(c5)oc5ccccc56)nc(-c5cccc6ccccc56)n4)ccc3-n3c4cc5ccccc5cc4c4c5ccccc5ccc43)cc2)cc1. The van der Waals surface area contributed by atoms with Gasteiger partial charge in [-0.25, -0.2) is 15.0 Å². The zero-order valence-electron chi connectivity index (χ0n) is 36.6. The molecule has 316 valence electrons. The molecule has 0 atom stereocenters. The molecule has 0 saturated heterocycles. The molecule has 3 heterocycles. The summed E-state index contributed by atoms with van der Waals surface area (Å²) in [4.78, 5) is 15.9. The Labute approximate surface area is 390 Å². The molecule has 14 rings (SSSR count). The Morgan fingerprint density at radius 3 is 1.68 bits per heavy atom. The van der Waals surface area contributed by atoms with Crippen molar-refractivity contribution < 1.29 is 4.42 Å². The molecule has 0 aliphatic carbocycles. The highest BCUT2D eigenvalue weighted by atomic mass is 16.3. The standard InChI is InChI=1S/C63H38N4O/c1-2-13-39(14-3-1)40-25-27-43(28-26-40)53-36-46(31-33-55(53)67-56-34-30-42-16-7-9-21-49(42)60(56)54-35-44-17-4-5-18-45(44)37-57(54)67)61-64-62(47-29-32-51-50-22-10-11-24-58(50)68-59(51)38-47)66-63(65-61)52-23-12-19-41-15-6-8-20-48(41)52/h1-38H. The van der Waals surface area contributed by atoms with Gasteiger partial charge in [0.15, 0.2) is 17.5 Å². The lowest BCUT2D eigenvalue weighted by Gasteiger charge is -2.17. The predicted molar refractivity (Wildman–Crippen MR) is 281 cm³/mol. The summed E-state index contributed by atoms with van der Waals surface area (Å²) in [5, 5.41) is 11.6. The maximum absolute atomic E-state index is 6.39. The molecular formula is C63H38N4O. The second kappa shape index (κ2) is 15.2. The summed E-state index contributed by atoms with van der Waals surface area (Å²) < 4.78 is 8.84. The highest BCUT2D eigenvalue weighted by Gasteiger charge is 2.22. The fourth-order valence-corrected chi connectivity index (χ4v) is 10.3. The summed E-state index contributed by atoms with van der Waals surface area (Å²) >= 11 is 0. The number of fused-ring (bicyclic) bond motifs is 10. The molecule has 0 aliphatic heterocycles. The minimum absolute atomic E-state index is 0.569. The first-order valence-corrected chi connectivity index (χ1v) is 23.0. The molecule has 11 aromatic carbocycles. The monoisotopic (exact) mass is 866 g/mol. The maximum atomic E-state index is 6.39. The zero-order chi connectivity index (χ0) is 44.7. The second-order valence-corrected chi connectivity index (χ2v) is 17.6. The van der Waals surface area contributed by atoms with Crippen molar-refractivity contribution in [3.05, 3.63) is 231 Å². The summed E-state index contributed by atoms with van der Waals surface area (Å²) in [7, 11) is 0. The van der Waals surface area contributed by atoms with E-state index >= 15 is 0 Å². The summed E-state index contributed by atoms with van der Waals surface area (Å²) in [5.41, 5.74) is 12.1. The molecule has 0 aliphatic rings. The van der Waals surface area contributed by atoms with Crippen LogP contribution in [0.4, 0.5) is 0 Å². The van der Waals surface area contributed by atoms with Crippen molar-refractivity contribution in [2.75, 3.05) is 0 Å². The number of furan rings is 1. The van der Waals surface area contributed by atoms with Crippen LogP contribution in [-0.2, 0) is 0 Å². The summed E-state index contributed by atoms with van der Waals surface area (Å²) in [6.07, 6.45) is 0. The quantitative estimate of drug-likeness (QED) is 0.167. The molecule has 0 N–H and O–H groups in total. The fourth-order valence-electron chi connectivity index (χ4n) is 10.3. The molecule has 3 aromatic heterocycles. The minimum atomic E-state index is 0.569. The third-order valence-electron chi connectivity index (χ3n) is 13.6. The Hall–Kier alpha value is -9.19. The van der Waals surface area contributed by atoms with E-state index in [4.69, 9.17) is 19.4 Å². The van der Waals surface area contributed by atoms with E-state index in [0.29, 0.717) is 17.5 Å². The Balaban J connectivity index is 1.03. The van der Waals surface area contributed by atoms with Gasteiger partial charge in [-0.05, 0) is 104 Å². The van der Waals surface area contributed by atoms with Crippen molar-refractivity contribution in [3.8, 4) is 62.1 Å². The normalized spacial score (nSPS) is 11.8. The first kappa shape index (κ1) is 38.1. The smallest absolute Gasteiger partial charge is 0.164 e. The number of para-hydroxylation sites is 1. The van der Waals surface area contributed by atoms with E-state index in [-0.39, 0.29) is 0 Å². The number of rotatable bonds is 6. The molecule has 0 fully saturated rings. The molecular weight excluding hydrogens is 829 g/mol. The topological polar surface area (TPSA) is 56.7 Å². The zero-order valence-corrected chi connectivity index (χ0v) is 36.6. The third-order valence-corrected chi connectivity index (χ3v) is 13.6. The van der Waals surface area contributed by atoms with Gasteiger partial charge >= 0.3 is 0 Å². The predicted octanol–water partition coefficient (Wildman–Crippen LogP) is 16.7. The number of hydrogen-bond donors (Lipinski definition) is 0. The fraction of sp³-hybridized carbons (Fsp3) is 0. The average Bonchev–Trinajstić information content (AvgIpc) is 3.95. The lowest BCUT2D eigenvalue weighted by molar-refractivity contribution is 0.669. The van der Waals surface area contributed by atoms with Crippen LogP contribution >= 0.6 is 0 Å². The van der Waals surface area contributed by atoms with Crippen molar-refractivity contribution in [1.82, 2.24) is 19.5 Å². The van der Waals surface area contributed by atoms with Gasteiger partial charge in [0.05, 0.1) is 16.7 Å². The van der Waals surface area contributed by atoms with Crippen molar-refractivity contribution in [3.63, 3.8) is 0 Å². The molecule has 0 spiro atoms. The van der Waals surface area contributed by atoms with E-state index in [1.165, 1.54) is 37.9 Å². The number of nitrogens with zero attached hydrogens (tertiary/aromatic N) is 4. The molecule has 14 aromatic rings.